The van der Waals surface area contributed by atoms with Gasteiger partial charge in [0.1, 0.15) is 5.82 Å². The highest BCUT2D eigenvalue weighted by molar-refractivity contribution is 6.13. The van der Waals surface area contributed by atoms with Crippen molar-refractivity contribution in [2.24, 2.45) is 0 Å². The molecule has 2 aromatic rings. The number of carbonyl (C=O) groups excluding carboxylic acids is 1. The second kappa shape index (κ2) is 5.21. The zero-order valence-corrected chi connectivity index (χ0v) is 11.5. The molecule has 0 radical (unpaired) electrons. The minimum Gasteiger partial charge on any atom is -0.476 e. The lowest BCUT2D eigenvalue weighted by Gasteiger charge is -2.07. The summed E-state index contributed by atoms with van der Waals surface area (Å²) in [4.78, 5) is 31.3. The summed E-state index contributed by atoms with van der Waals surface area (Å²) >= 11 is 0. The van der Waals surface area contributed by atoms with Gasteiger partial charge in [-0.25, -0.2) is 14.8 Å². The van der Waals surface area contributed by atoms with Gasteiger partial charge in [0.2, 0.25) is 0 Å². The topological polar surface area (TPSA) is 80.2 Å². The van der Waals surface area contributed by atoms with Gasteiger partial charge in [-0.2, -0.15) is 0 Å². The van der Waals surface area contributed by atoms with E-state index in [0.717, 1.165) is 11.1 Å². The van der Waals surface area contributed by atoms with E-state index < -0.39 is 5.97 Å². The van der Waals surface area contributed by atoms with E-state index >= 15 is 0 Å². The van der Waals surface area contributed by atoms with E-state index in [1.165, 1.54) is 6.20 Å². The Hall–Kier alpha value is -2.56. The standard InChI is InChI=1S/C15H14N2O3/c1-8-4-5-11(6-9(8)2)14(18)12-7-16-10(3)17-13(12)15(19)20/h4-7H,1-3H3,(H,19,20). The number of carboxylic acids is 1. The van der Waals surface area contributed by atoms with Gasteiger partial charge in [0, 0.05) is 11.8 Å². The second-order valence-corrected chi connectivity index (χ2v) is 4.61. The average molecular weight is 270 g/mol. The van der Waals surface area contributed by atoms with Crippen molar-refractivity contribution < 1.29 is 14.7 Å². The summed E-state index contributed by atoms with van der Waals surface area (Å²) < 4.78 is 0. The maximum atomic E-state index is 12.4. The Balaban J connectivity index is 2.53. The third-order valence-corrected chi connectivity index (χ3v) is 3.13. The third kappa shape index (κ3) is 2.56. The summed E-state index contributed by atoms with van der Waals surface area (Å²) in [6, 6.07) is 5.25. The maximum absolute atomic E-state index is 12.4. The zero-order chi connectivity index (χ0) is 14.9. The summed E-state index contributed by atoms with van der Waals surface area (Å²) in [5.41, 5.74) is 2.22. The highest BCUT2D eigenvalue weighted by atomic mass is 16.4. The number of aryl methyl sites for hydroxylation is 3. The first-order valence-electron chi connectivity index (χ1n) is 6.09. The molecule has 0 aliphatic rings. The smallest absolute Gasteiger partial charge is 0.355 e. The lowest BCUT2D eigenvalue weighted by Crippen LogP contribution is -2.14. The number of hydrogen-bond acceptors (Lipinski definition) is 4. The SMILES string of the molecule is Cc1ncc(C(=O)c2ccc(C)c(C)c2)c(C(=O)O)n1. The van der Waals surface area contributed by atoms with Gasteiger partial charge in [-0.05, 0) is 38.0 Å². The zero-order valence-electron chi connectivity index (χ0n) is 11.5. The predicted molar refractivity (Wildman–Crippen MR) is 73.1 cm³/mol. The van der Waals surface area contributed by atoms with Crippen molar-refractivity contribution in [3.63, 3.8) is 0 Å². The number of nitrogens with zero attached hydrogens (tertiary/aromatic N) is 2. The maximum Gasteiger partial charge on any atom is 0.355 e. The lowest BCUT2D eigenvalue weighted by atomic mass is 9.99. The van der Waals surface area contributed by atoms with Crippen molar-refractivity contribution in [2.75, 3.05) is 0 Å². The molecule has 1 N–H and O–H groups in total. The molecule has 0 atom stereocenters. The van der Waals surface area contributed by atoms with Gasteiger partial charge in [0.05, 0.1) is 5.56 Å². The molecule has 5 heteroatoms. The van der Waals surface area contributed by atoms with E-state index in [2.05, 4.69) is 9.97 Å². The molecular formula is C15H14N2O3. The number of benzene rings is 1. The van der Waals surface area contributed by atoms with Crippen molar-refractivity contribution in [3.05, 3.63) is 58.2 Å². The Morgan fingerprint density at radius 2 is 1.80 bits per heavy atom. The molecule has 0 amide bonds. The molecule has 2 rings (SSSR count). The molecule has 0 aliphatic carbocycles. The van der Waals surface area contributed by atoms with Crippen LogP contribution in [0.15, 0.2) is 24.4 Å². The molecule has 1 aromatic heterocycles. The first-order chi connectivity index (χ1) is 9.40. The van der Waals surface area contributed by atoms with Gasteiger partial charge in [-0.1, -0.05) is 12.1 Å². The monoisotopic (exact) mass is 270 g/mol. The van der Waals surface area contributed by atoms with E-state index in [1.54, 1.807) is 19.1 Å². The molecule has 1 heterocycles. The minimum absolute atomic E-state index is 0.00588. The number of hydrogen-bond donors (Lipinski definition) is 1. The van der Waals surface area contributed by atoms with Crippen LogP contribution in [0.5, 0.6) is 0 Å². The number of aromatic nitrogens is 2. The van der Waals surface area contributed by atoms with E-state index in [-0.39, 0.29) is 17.0 Å². The van der Waals surface area contributed by atoms with Gasteiger partial charge >= 0.3 is 5.97 Å². The first-order valence-corrected chi connectivity index (χ1v) is 6.09. The normalized spacial score (nSPS) is 10.3. The predicted octanol–water partition coefficient (Wildman–Crippen LogP) is 2.33. The lowest BCUT2D eigenvalue weighted by molar-refractivity contribution is 0.0685. The molecule has 0 bridgehead atoms. The van der Waals surface area contributed by atoms with E-state index in [4.69, 9.17) is 5.11 Å². The molecule has 0 fully saturated rings. The molecule has 5 nitrogen and oxygen atoms in total. The van der Waals surface area contributed by atoms with Crippen LogP contribution < -0.4 is 0 Å². The van der Waals surface area contributed by atoms with E-state index in [0.29, 0.717) is 11.4 Å². The molecule has 0 saturated carbocycles. The number of aromatic carboxylic acids is 1. The van der Waals surface area contributed by atoms with Crippen molar-refractivity contribution in [1.82, 2.24) is 9.97 Å². The number of rotatable bonds is 3. The Bertz CT molecular complexity index is 708. The highest BCUT2D eigenvalue weighted by Crippen LogP contribution is 2.16. The summed E-state index contributed by atoms with van der Waals surface area (Å²) in [5.74, 6) is -1.30. The minimum atomic E-state index is -1.23. The van der Waals surface area contributed by atoms with Crippen LogP contribution in [0.2, 0.25) is 0 Å². The van der Waals surface area contributed by atoms with E-state index in [9.17, 15) is 9.59 Å². The van der Waals surface area contributed by atoms with Gasteiger partial charge < -0.3 is 5.11 Å². The Morgan fingerprint density at radius 3 is 2.40 bits per heavy atom. The Morgan fingerprint density at radius 1 is 1.10 bits per heavy atom. The van der Waals surface area contributed by atoms with Crippen LogP contribution in [0.3, 0.4) is 0 Å². The van der Waals surface area contributed by atoms with Crippen molar-refractivity contribution in [2.45, 2.75) is 20.8 Å². The summed E-state index contributed by atoms with van der Waals surface area (Å²) in [6.45, 7) is 5.42. The van der Waals surface area contributed by atoms with Crippen LogP contribution in [-0.4, -0.2) is 26.8 Å². The number of carboxylic acid groups (broad SMARTS) is 1. The fourth-order valence-electron chi connectivity index (χ4n) is 1.84. The molecular weight excluding hydrogens is 256 g/mol. The molecule has 0 unspecified atom stereocenters. The van der Waals surface area contributed by atoms with Gasteiger partial charge in [0.15, 0.2) is 11.5 Å². The molecule has 102 valence electrons. The van der Waals surface area contributed by atoms with Gasteiger partial charge in [0.25, 0.3) is 0 Å². The largest absolute Gasteiger partial charge is 0.476 e. The van der Waals surface area contributed by atoms with E-state index in [1.807, 2.05) is 19.9 Å². The fraction of sp³-hybridized carbons (Fsp3) is 0.200. The van der Waals surface area contributed by atoms with Crippen LogP contribution in [-0.2, 0) is 0 Å². The Kier molecular flexibility index (Phi) is 3.61. The summed E-state index contributed by atoms with van der Waals surface area (Å²) in [5, 5.41) is 9.14. The molecule has 0 aliphatic heterocycles. The van der Waals surface area contributed by atoms with Crippen LogP contribution in [0.1, 0.15) is 43.4 Å². The van der Waals surface area contributed by atoms with Crippen LogP contribution in [0, 0.1) is 20.8 Å². The molecule has 20 heavy (non-hydrogen) atoms. The highest BCUT2D eigenvalue weighted by Gasteiger charge is 2.20. The molecule has 1 aromatic carbocycles. The molecule has 0 saturated heterocycles. The fourth-order valence-corrected chi connectivity index (χ4v) is 1.84. The number of ketones is 1. The second-order valence-electron chi connectivity index (χ2n) is 4.61. The summed E-state index contributed by atoms with van der Waals surface area (Å²) in [7, 11) is 0. The average Bonchev–Trinajstić information content (AvgIpc) is 2.41. The van der Waals surface area contributed by atoms with Crippen molar-refractivity contribution in [1.29, 1.82) is 0 Å². The van der Waals surface area contributed by atoms with Crippen molar-refractivity contribution in [3.8, 4) is 0 Å². The van der Waals surface area contributed by atoms with Crippen LogP contribution >= 0.6 is 0 Å². The van der Waals surface area contributed by atoms with Crippen LogP contribution in [0.4, 0.5) is 0 Å². The summed E-state index contributed by atoms with van der Waals surface area (Å²) in [6.07, 6.45) is 1.27. The Labute approximate surface area is 116 Å². The number of carbonyl (C=O) groups is 2. The first kappa shape index (κ1) is 13.9. The molecule has 0 spiro atoms. The van der Waals surface area contributed by atoms with Gasteiger partial charge in [-0.15, -0.1) is 0 Å². The third-order valence-electron chi connectivity index (χ3n) is 3.13. The van der Waals surface area contributed by atoms with Crippen molar-refractivity contribution >= 4 is 11.8 Å². The quantitative estimate of drug-likeness (QED) is 0.866. The van der Waals surface area contributed by atoms with Gasteiger partial charge in [-0.3, -0.25) is 4.79 Å². The van der Waals surface area contributed by atoms with Crippen LogP contribution in [0.25, 0.3) is 0 Å².